The van der Waals surface area contributed by atoms with Crippen LogP contribution in [0.5, 0.6) is 0 Å². The molecule has 4 rings (SSSR count). The highest BCUT2D eigenvalue weighted by Crippen LogP contribution is 2.32. The van der Waals surface area contributed by atoms with Crippen molar-refractivity contribution in [3.05, 3.63) is 52.3 Å². The molecule has 0 radical (unpaired) electrons. The van der Waals surface area contributed by atoms with E-state index in [9.17, 15) is 13.6 Å². The average molecular weight is 345 g/mol. The van der Waals surface area contributed by atoms with Gasteiger partial charge in [0, 0.05) is 11.3 Å². The first kappa shape index (κ1) is 16.2. The molecular weight excluding hydrogens is 324 g/mol. The molecule has 6 heteroatoms. The van der Waals surface area contributed by atoms with Crippen LogP contribution in [-0.4, -0.2) is 15.7 Å². The van der Waals surface area contributed by atoms with Gasteiger partial charge in [-0.15, -0.1) is 0 Å². The van der Waals surface area contributed by atoms with Crippen LogP contribution in [0.15, 0.2) is 24.3 Å². The fourth-order valence-corrected chi connectivity index (χ4v) is 4.13. The van der Waals surface area contributed by atoms with Crippen LogP contribution < -0.4 is 5.32 Å². The summed E-state index contributed by atoms with van der Waals surface area (Å²) < 4.78 is 27.7. The Hall–Kier alpha value is -2.24. The van der Waals surface area contributed by atoms with E-state index in [1.807, 2.05) is 12.1 Å². The van der Waals surface area contributed by atoms with Gasteiger partial charge in [-0.25, -0.2) is 8.78 Å². The fourth-order valence-electron chi connectivity index (χ4n) is 4.13. The molecule has 1 aromatic carbocycles. The molecule has 1 atom stereocenters. The Bertz CT molecular complexity index is 800. The lowest BCUT2D eigenvalue weighted by atomic mass is 9.88. The zero-order chi connectivity index (χ0) is 17.4. The van der Waals surface area contributed by atoms with Gasteiger partial charge in [0.15, 0.2) is 0 Å². The van der Waals surface area contributed by atoms with Gasteiger partial charge >= 0.3 is 0 Å². The van der Waals surface area contributed by atoms with E-state index in [-0.39, 0.29) is 24.2 Å². The molecule has 1 N–H and O–H groups in total. The number of amides is 1. The van der Waals surface area contributed by atoms with Gasteiger partial charge in [-0.05, 0) is 49.7 Å². The smallest absolute Gasteiger partial charge is 0.282 e. The van der Waals surface area contributed by atoms with Crippen molar-refractivity contribution in [3.8, 4) is 0 Å². The summed E-state index contributed by atoms with van der Waals surface area (Å²) in [5, 5.41) is 7.08. The first-order chi connectivity index (χ1) is 12.1. The number of carbonyl (C=O) groups is 1. The van der Waals surface area contributed by atoms with Crippen molar-refractivity contribution in [1.82, 2.24) is 15.1 Å². The SMILES string of the molecule is O=C(Cn1nc(C(F)F)c2c1CCC2)NC1CCCc2ccccc21. The molecule has 0 saturated carbocycles. The predicted molar refractivity (Wildman–Crippen MR) is 89.5 cm³/mol. The van der Waals surface area contributed by atoms with Gasteiger partial charge < -0.3 is 5.32 Å². The Labute approximate surface area is 145 Å². The summed E-state index contributed by atoms with van der Waals surface area (Å²) >= 11 is 0. The fraction of sp³-hybridized carbons (Fsp3) is 0.474. The highest BCUT2D eigenvalue weighted by atomic mass is 19.3. The molecule has 1 amide bonds. The number of fused-ring (bicyclic) bond motifs is 2. The second-order valence-electron chi connectivity index (χ2n) is 6.83. The van der Waals surface area contributed by atoms with Crippen LogP contribution in [-0.2, 0) is 30.6 Å². The maximum Gasteiger partial charge on any atom is 0.282 e. The molecule has 1 aromatic heterocycles. The van der Waals surface area contributed by atoms with Gasteiger partial charge in [-0.2, -0.15) is 5.10 Å². The van der Waals surface area contributed by atoms with Crippen molar-refractivity contribution < 1.29 is 13.6 Å². The third kappa shape index (κ3) is 3.05. The number of aryl methyl sites for hydroxylation is 1. The van der Waals surface area contributed by atoms with Crippen molar-refractivity contribution in [2.75, 3.05) is 0 Å². The van der Waals surface area contributed by atoms with E-state index in [0.29, 0.717) is 18.4 Å². The van der Waals surface area contributed by atoms with Crippen molar-refractivity contribution >= 4 is 5.91 Å². The third-order valence-corrected chi connectivity index (χ3v) is 5.24. The monoisotopic (exact) mass is 345 g/mol. The lowest BCUT2D eigenvalue weighted by Crippen LogP contribution is -2.34. The topological polar surface area (TPSA) is 46.9 Å². The molecule has 4 nitrogen and oxygen atoms in total. The number of rotatable bonds is 4. The summed E-state index contributed by atoms with van der Waals surface area (Å²) in [6, 6.07) is 8.15. The van der Waals surface area contributed by atoms with Gasteiger partial charge in [0.2, 0.25) is 5.91 Å². The quantitative estimate of drug-likeness (QED) is 0.922. The Morgan fingerprint density at radius 2 is 2.08 bits per heavy atom. The average Bonchev–Trinajstić information content (AvgIpc) is 3.19. The van der Waals surface area contributed by atoms with E-state index >= 15 is 0 Å². The van der Waals surface area contributed by atoms with Gasteiger partial charge in [0.1, 0.15) is 12.2 Å². The Balaban J connectivity index is 1.50. The molecular formula is C19H21F2N3O. The second-order valence-corrected chi connectivity index (χ2v) is 6.83. The number of nitrogens with zero attached hydrogens (tertiary/aromatic N) is 2. The summed E-state index contributed by atoms with van der Waals surface area (Å²) in [6.45, 7) is 0.00766. The molecule has 132 valence electrons. The van der Waals surface area contributed by atoms with E-state index in [2.05, 4.69) is 22.5 Å². The molecule has 2 aliphatic carbocycles. The van der Waals surface area contributed by atoms with E-state index in [4.69, 9.17) is 0 Å². The highest BCUT2D eigenvalue weighted by molar-refractivity contribution is 5.76. The normalized spacial score (nSPS) is 18.9. The lowest BCUT2D eigenvalue weighted by Gasteiger charge is -2.26. The van der Waals surface area contributed by atoms with Crippen LogP contribution in [0.25, 0.3) is 0 Å². The Morgan fingerprint density at radius 1 is 1.24 bits per heavy atom. The van der Waals surface area contributed by atoms with Crippen molar-refractivity contribution in [1.29, 1.82) is 0 Å². The van der Waals surface area contributed by atoms with Crippen LogP contribution in [0.1, 0.15) is 59.8 Å². The number of benzene rings is 1. The number of hydrogen-bond donors (Lipinski definition) is 1. The molecule has 1 heterocycles. The van der Waals surface area contributed by atoms with E-state index in [1.165, 1.54) is 15.8 Å². The first-order valence-electron chi connectivity index (χ1n) is 8.87. The summed E-state index contributed by atoms with van der Waals surface area (Å²) in [7, 11) is 0. The van der Waals surface area contributed by atoms with Gasteiger partial charge in [0.05, 0.1) is 6.04 Å². The number of carbonyl (C=O) groups excluding carboxylic acids is 1. The van der Waals surface area contributed by atoms with Crippen molar-refractivity contribution in [2.45, 2.75) is 57.5 Å². The standard InChI is InChI=1S/C19H21F2N3O/c20-19(21)18-14-8-4-10-16(14)24(23-18)11-17(25)22-15-9-3-6-12-5-1-2-7-13(12)15/h1-2,5,7,15,19H,3-4,6,8-11H2,(H,22,25). The van der Waals surface area contributed by atoms with Crippen LogP contribution in [0.2, 0.25) is 0 Å². The zero-order valence-electron chi connectivity index (χ0n) is 14.0. The van der Waals surface area contributed by atoms with E-state index in [0.717, 1.165) is 31.4 Å². The van der Waals surface area contributed by atoms with Gasteiger partial charge in [-0.1, -0.05) is 24.3 Å². The lowest BCUT2D eigenvalue weighted by molar-refractivity contribution is -0.122. The van der Waals surface area contributed by atoms with Crippen LogP contribution in [0.4, 0.5) is 8.78 Å². The minimum absolute atomic E-state index is 0.00405. The molecule has 0 bridgehead atoms. The summed E-state index contributed by atoms with van der Waals surface area (Å²) in [4.78, 5) is 12.5. The largest absolute Gasteiger partial charge is 0.348 e. The second kappa shape index (κ2) is 6.58. The molecule has 25 heavy (non-hydrogen) atoms. The van der Waals surface area contributed by atoms with Crippen LogP contribution >= 0.6 is 0 Å². The number of nitrogens with one attached hydrogen (secondary N) is 1. The molecule has 0 saturated heterocycles. The van der Waals surface area contributed by atoms with Crippen molar-refractivity contribution in [2.24, 2.45) is 0 Å². The minimum Gasteiger partial charge on any atom is -0.348 e. The molecule has 0 aliphatic heterocycles. The number of alkyl halides is 2. The Kier molecular flexibility index (Phi) is 4.27. The van der Waals surface area contributed by atoms with Crippen molar-refractivity contribution in [3.63, 3.8) is 0 Å². The summed E-state index contributed by atoms with van der Waals surface area (Å²) in [5.74, 6) is -0.167. The molecule has 2 aliphatic rings. The first-order valence-corrected chi connectivity index (χ1v) is 8.87. The van der Waals surface area contributed by atoms with Gasteiger partial charge in [-0.3, -0.25) is 9.48 Å². The maximum absolute atomic E-state index is 13.1. The van der Waals surface area contributed by atoms with E-state index < -0.39 is 6.43 Å². The minimum atomic E-state index is -2.58. The summed E-state index contributed by atoms with van der Waals surface area (Å²) in [5.41, 5.74) is 3.74. The molecule has 2 aromatic rings. The van der Waals surface area contributed by atoms with Crippen LogP contribution in [0.3, 0.4) is 0 Å². The molecule has 0 fully saturated rings. The van der Waals surface area contributed by atoms with Crippen LogP contribution in [0, 0.1) is 0 Å². The highest BCUT2D eigenvalue weighted by Gasteiger charge is 2.28. The zero-order valence-corrected chi connectivity index (χ0v) is 14.0. The third-order valence-electron chi connectivity index (χ3n) is 5.24. The predicted octanol–water partition coefficient (Wildman–Crippen LogP) is 3.50. The number of hydrogen-bond acceptors (Lipinski definition) is 2. The number of aromatic nitrogens is 2. The summed E-state index contributed by atoms with van der Waals surface area (Å²) in [6.07, 6.45) is 2.59. The Morgan fingerprint density at radius 3 is 2.92 bits per heavy atom. The molecule has 0 spiro atoms. The van der Waals surface area contributed by atoms with E-state index in [1.54, 1.807) is 0 Å². The maximum atomic E-state index is 13.1. The molecule has 1 unspecified atom stereocenters. The number of halogens is 2. The van der Waals surface area contributed by atoms with Gasteiger partial charge in [0.25, 0.3) is 6.43 Å².